The summed E-state index contributed by atoms with van der Waals surface area (Å²) in [7, 11) is 0. The van der Waals surface area contributed by atoms with Gasteiger partial charge in [0.25, 0.3) is 5.56 Å². The highest BCUT2D eigenvalue weighted by atomic mass is 127. The molecule has 0 radical (unpaired) electrons. The fourth-order valence-electron chi connectivity index (χ4n) is 1.02. The third kappa shape index (κ3) is 3.49. The van der Waals surface area contributed by atoms with E-state index in [9.17, 15) is 9.59 Å². The number of nitrogens with one attached hydrogen (secondary N) is 1. The summed E-state index contributed by atoms with van der Waals surface area (Å²) in [6.45, 7) is 2.45. The van der Waals surface area contributed by atoms with Crippen LogP contribution >= 0.6 is 22.6 Å². The molecular weight excluding hydrogens is 295 g/mol. The van der Waals surface area contributed by atoms with Crippen molar-refractivity contribution in [1.82, 2.24) is 9.88 Å². The van der Waals surface area contributed by atoms with Gasteiger partial charge in [-0.2, -0.15) is 0 Å². The largest absolute Gasteiger partial charge is 0.355 e. The second kappa shape index (κ2) is 5.14. The molecule has 4 nitrogen and oxygen atoms in total. The molecule has 5 heteroatoms. The second-order valence-corrected chi connectivity index (χ2v) is 4.11. The van der Waals surface area contributed by atoms with E-state index in [0.717, 1.165) is 3.57 Å². The molecule has 1 aromatic rings. The van der Waals surface area contributed by atoms with Gasteiger partial charge >= 0.3 is 0 Å². The molecule has 14 heavy (non-hydrogen) atoms. The number of carbonyl (C=O) groups is 1. The number of hydrogen-bond acceptors (Lipinski definition) is 2. The maximum absolute atomic E-state index is 11.4. The van der Waals surface area contributed by atoms with Crippen LogP contribution in [0, 0.1) is 3.57 Å². The van der Waals surface area contributed by atoms with Gasteiger partial charge in [0.05, 0.1) is 0 Å². The van der Waals surface area contributed by atoms with Crippen LogP contribution in [-0.2, 0) is 11.3 Å². The van der Waals surface area contributed by atoms with Gasteiger partial charge in [0.2, 0.25) is 5.91 Å². The third-order valence-corrected chi connectivity index (χ3v) is 2.36. The Morgan fingerprint density at radius 1 is 1.64 bits per heavy atom. The maximum Gasteiger partial charge on any atom is 0.251 e. The fourth-order valence-corrected chi connectivity index (χ4v) is 1.45. The van der Waals surface area contributed by atoms with E-state index < -0.39 is 0 Å². The van der Waals surface area contributed by atoms with Gasteiger partial charge in [0.1, 0.15) is 0 Å². The van der Waals surface area contributed by atoms with E-state index in [1.807, 2.05) is 6.07 Å². The van der Waals surface area contributed by atoms with Gasteiger partial charge in [-0.1, -0.05) is 0 Å². The van der Waals surface area contributed by atoms with Crippen molar-refractivity contribution in [1.29, 1.82) is 0 Å². The number of amides is 1. The molecule has 1 N–H and O–H groups in total. The number of carbonyl (C=O) groups excluding carboxylic acids is 1. The number of pyridine rings is 1. The molecule has 0 aliphatic rings. The zero-order valence-corrected chi connectivity index (χ0v) is 9.95. The zero-order valence-electron chi connectivity index (χ0n) is 7.79. The molecule has 1 heterocycles. The quantitative estimate of drug-likeness (QED) is 0.831. The van der Waals surface area contributed by atoms with Crippen LogP contribution in [0.2, 0.25) is 0 Å². The second-order valence-electron chi connectivity index (χ2n) is 2.86. The topological polar surface area (TPSA) is 51.1 Å². The Hall–Kier alpha value is -0.850. The molecule has 0 saturated carbocycles. The van der Waals surface area contributed by atoms with Crippen molar-refractivity contribution in [3.63, 3.8) is 0 Å². The lowest BCUT2D eigenvalue weighted by Gasteiger charge is -2.05. The van der Waals surface area contributed by atoms with Gasteiger partial charge < -0.3 is 9.88 Å². The molecule has 0 spiro atoms. The van der Waals surface area contributed by atoms with Gasteiger partial charge in [-0.05, 0) is 28.7 Å². The van der Waals surface area contributed by atoms with Crippen LogP contribution in [0.25, 0.3) is 0 Å². The number of nitrogens with zero attached hydrogens (tertiary/aromatic N) is 1. The summed E-state index contributed by atoms with van der Waals surface area (Å²) in [6.07, 6.45) is 1.73. The first-order valence-corrected chi connectivity index (χ1v) is 5.28. The monoisotopic (exact) mass is 306 g/mol. The number of hydrogen-bond donors (Lipinski definition) is 1. The van der Waals surface area contributed by atoms with Crippen molar-refractivity contribution in [3.8, 4) is 0 Å². The van der Waals surface area contributed by atoms with Crippen LogP contribution in [0.15, 0.2) is 23.1 Å². The molecule has 0 aromatic carbocycles. The maximum atomic E-state index is 11.4. The Balaban J connectivity index is 2.59. The average Bonchev–Trinajstić information content (AvgIpc) is 2.08. The first-order valence-electron chi connectivity index (χ1n) is 4.20. The van der Waals surface area contributed by atoms with Gasteiger partial charge in [0, 0.05) is 35.8 Å². The summed E-state index contributed by atoms with van der Waals surface area (Å²) in [5.74, 6) is -0.0800. The van der Waals surface area contributed by atoms with Gasteiger partial charge in [-0.15, -0.1) is 0 Å². The lowest BCUT2D eigenvalue weighted by Crippen LogP contribution is -2.28. The lowest BCUT2D eigenvalue weighted by molar-refractivity contribution is -0.118. The zero-order chi connectivity index (χ0) is 10.6. The van der Waals surface area contributed by atoms with Crippen molar-refractivity contribution in [2.75, 3.05) is 6.54 Å². The van der Waals surface area contributed by atoms with Crippen LogP contribution in [0.1, 0.15) is 6.92 Å². The summed E-state index contributed by atoms with van der Waals surface area (Å²) in [6, 6.07) is 3.42. The summed E-state index contributed by atoms with van der Waals surface area (Å²) in [5.41, 5.74) is -0.0396. The molecule has 0 fully saturated rings. The van der Waals surface area contributed by atoms with Crippen LogP contribution in [0.4, 0.5) is 0 Å². The highest BCUT2D eigenvalue weighted by Crippen LogP contribution is 1.97. The minimum atomic E-state index is -0.0800. The van der Waals surface area contributed by atoms with E-state index in [4.69, 9.17) is 0 Å². The van der Waals surface area contributed by atoms with Crippen LogP contribution in [-0.4, -0.2) is 17.0 Å². The molecule has 1 rings (SSSR count). The molecule has 0 atom stereocenters. The van der Waals surface area contributed by atoms with E-state index in [0.29, 0.717) is 13.1 Å². The fraction of sp³-hybridized carbons (Fsp3) is 0.333. The Kier molecular flexibility index (Phi) is 4.12. The van der Waals surface area contributed by atoms with E-state index in [1.165, 1.54) is 6.92 Å². The van der Waals surface area contributed by atoms with E-state index in [1.54, 1.807) is 16.8 Å². The van der Waals surface area contributed by atoms with Crippen molar-refractivity contribution in [2.45, 2.75) is 13.5 Å². The Labute approximate surface area is 95.5 Å². The smallest absolute Gasteiger partial charge is 0.251 e. The SMILES string of the molecule is CC(=O)NCCn1ccc(I)cc1=O. The highest BCUT2D eigenvalue weighted by molar-refractivity contribution is 14.1. The average molecular weight is 306 g/mol. The van der Waals surface area contributed by atoms with Gasteiger partial charge in [-0.3, -0.25) is 9.59 Å². The van der Waals surface area contributed by atoms with Gasteiger partial charge in [-0.25, -0.2) is 0 Å². The molecule has 1 amide bonds. The van der Waals surface area contributed by atoms with E-state index in [2.05, 4.69) is 27.9 Å². The van der Waals surface area contributed by atoms with Crippen molar-refractivity contribution >= 4 is 28.5 Å². The summed E-state index contributed by atoms with van der Waals surface area (Å²) < 4.78 is 2.49. The number of halogens is 1. The standard InChI is InChI=1S/C9H11IN2O2/c1-7(13)11-3-5-12-4-2-8(10)6-9(12)14/h2,4,6H,3,5H2,1H3,(H,11,13). The summed E-state index contributed by atoms with van der Waals surface area (Å²) in [4.78, 5) is 21.9. The summed E-state index contributed by atoms with van der Waals surface area (Å²) >= 11 is 2.09. The van der Waals surface area contributed by atoms with Crippen molar-refractivity contribution in [2.24, 2.45) is 0 Å². The first-order chi connectivity index (χ1) is 6.59. The van der Waals surface area contributed by atoms with Crippen LogP contribution in [0.3, 0.4) is 0 Å². The minimum absolute atomic E-state index is 0.0396. The predicted octanol–water partition coefficient (Wildman–Crippen LogP) is 0.589. The normalized spacial score (nSPS) is 9.86. The molecule has 0 bridgehead atoms. The molecule has 76 valence electrons. The molecule has 0 saturated heterocycles. The Morgan fingerprint density at radius 2 is 2.36 bits per heavy atom. The summed E-state index contributed by atoms with van der Waals surface area (Å²) in [5, 5.41) is 2.64. The van der Waals surface area contributed by atoms with Crippen molar-refractivity contribution < 1.29 is 4.79 Å². The third-order valence-electron chi connectivity index (χ3n) is 1.68. The number of aromatic nitrogens is 1. The van der Waals surface area contributed by atoms with E-state index in [-0.39, 0.29) is 11.5 Å². The van der Waals surface area contributed by atoms with Gasteiger partial charge in [0.15, 0.2) is 0 Å². The van der Waals surface area contributed by atoms with Crippen molar-refractivity contribution in [3.05, 3.63) is 32.3 Å². The lowest BCUT2D eigenvalue weighted by atomic mass is 10.4. The minimum Gasteiger partial charge on any atom is -0.355 e. The first kappa shape index (κ1) is 11.2. The highest BCUT2D eigenvalue weighted by Gasteiger charge is 1.96. The van der Waals surface area contributed by atoms with E-state index >= 15 is 0 Å². The molecule has 1 aromatic heterocycles. The number of rotatable bonds is 3. The van der Waals surface area contributed by atoms with Crippen LogP contribution in [0.5, 0.6) is 0 Å². The van der Waals surface area contributed by atoms with Crippen LogP contribution < -0.4 is 10.9 Å². The Bertz CT molecular complexity index is 387. The molecule has 0 aliphatic heterocycles. The predicted molar refractivity (Wildman–Crippen MR) is 62.1 cm³/mol. The Morgan fingerprint density at radius 3 is 2.93 bits per heavy atom. The molecule has 0 aliphatic carbocycles. The molecular formula is C9H11IN2O2. The molecule has 0 unspecified atom stereocenters.